The zero-order valence-electron chi connectivity index (χ0n) is 26.1. The number of aryl methyl sites for hydroxylation is 1. The van der Waals surface area contributed by atoms with Gasteiger partial charge in [-0.25, -0.2) is 9.97 Å². The van der Waals surface area contributed by atoms with E-state index in [1.165, 1.54) is 0 Å². The van der Waals surface area contributed by atoms with Crippen LogP contribution in [0.1, 0.15) is 16.8 Å². The lowest BCUT2D eigenvalue weighted by molar-refractivity contribution is -0.116. The molecule has 2 aromatic carbocycles. The van der Waals surface area contributed by atoms with Crippen molar-refractivity contribution in [3.63, 3.8) is 0 Å². The van der Waals surface area contributed by atoms with Gasteiger partial charge in [0.25, 0.3) is 0 Å². The van der Waals surface area contributed by atoms with E-state index in [1.54, 1.807) is 63.3 Å². The van der Waals surface area contributed by atoms with Crippen molar-refractivity contribution in [2.24, 2.45) is 0 Å². The average Bonchev–Trinajstić information content (AvgIpc) is 3.94. The number of carbonyl (C=O) groups is 2. The van der Waals surface area contributed by atoms with Crippen LogP contribution in [-0.2, 0) is 22.4 Å². The third-order valence-electron chi connectivity index (χ3n) is 7.60. The van der Waals surface area contributed by atoms with E-state index in [4.69, 9.17) is 0 Å². The van der Waals surface area contributed by atoms with Gasteiger partial charge >= 0.3 is 0 Å². The standard InChI is InChI=1S/C19H15N3OS2.C18H13N3OS2/c1-12-11-25-19(21-12)18-16(6-8-24-18)22-17(23)9-13-3-2-4-14-10-20-7-5-15(13)14;22-17(8-12-2-1-3-13-9-19-6-4-14(12)13)21-15-5-7-24-18(15)16-10-23-11-20-16/h2-8,10-11H,9H2,1H3,(H,22,23);1-7,9-11H,8H2,(H,21,22). The van der Waals surface area contributed by atoms with E-state index in [9.17, 15) is 9.59 Å². The lowest BCUT2D eigenvalue weighted by Crippen LogP contribution is -2.14. The number of hydrogen-bond donors (Lipinski definition) is 2. The van der Waals surface area contributed by atoms with Crippen molar-refractivity contribution in [3.8, 4) is 20.5 Å². The lowest BCUT2D eigenvalue weighted by atomic mass is 10.0. The number of benzene rings is 2. The number of anilines is 2. The van der Waals surface area contributed by atoms with Crippen molar-refractivity contribution in [1.82, 2.24) is 19.9 Å². The Hall–Kier alpha value is -5.14. The van der Waals surface area contributed by atoms with Crippen molar-refractivity contribution in [2.75, 3.05) is 10.6 Å². The van der Waals surface area contributed by atoms with Gasteiger partial charge in [-0.3, -0.25) is 19.6 Å². The minimum absolute atomic E-state index is 0.0303. The number of nitrogens with zero attached hydrogens (tertiary/aromatic N) is 4. The topological polar surface area (TPSA) is 110 Å². The van der Waals surface area contributed by atoms with E-state index in [1.807, 2.05) is 102 Å². The number of amides is 2. The van der Waals surface area contributed by atoms with Crippen LogP contribution in [0.4, 0.5) is 11.4 Å². The predicted molar refractivity (Wildman–Crippen MR) is 204 cm³/mol. The second-order valence-electron chi connectivity index (χ2n) is 11.0. The maximum absolute atomic E-state index is 12.6. The summed E-state index contributed by atoms with van der Waals surface area (Å²) < 4.78 is 0. The molecule has 242 valence electrons. The Labute approximate surface area is 298 Å². The summed E-state index contributed by atoms with van der Waals surface area (Å²) in [6.07, 6.45) is 7.80. The van der Waals surface area contributed by atoms with Gasteiger partial charge in [0.05, 0.1) is 45.2 Å². The normalized spacial score (nSPS) is 10.9. The van der Waals surface area contributed by atoms with Crippen LogP contribution < -0.4 is 10.6 Å². The van der Waals surface area contributed by atoms with Crippen molar-refractivity contribution in [2.45, 2.75) is 19.8 Å². The minimum atomic E-state index is -0.0332. The monoisotopic (exact) mass is 716 g/mol. The first-order chi connectivity index (χ1) is 24.0. The average molecular weight is 717 g/mol. The van der Waals surface area contributed by atoms with Crippen LogP contribution in [0.2, 0.25) is 0 Å². The largest absolute Gasteiger partial charge is 0.324 e. The van der Waals surface area contributed by atoms with Gasteiger partial charge in [0.15, 0.2) is 0 Å². The first-order valence-electron chi connectivity index (χ1n) is 15.2. The molecule has 0 saturated carbocycles. The Morgan fingerprint density at radius 1 is 0.694 bits per heavy atom. The quantitative estimate of drug-likeness (QED) is 0.162. The highest BCUT2D eigenvalue weighted by Gasteiger charge is 2.15. The molecule has 8 aromatic rings. The Kier molecular flexibility index (Phi) is 9.89. The fraction of sp³-hybridized carbons (Fsp3) is 0.0811. The highest BCUT2D eigenvalue weighted by atomic mass is 32.1. The third kappa shape index (κ3) is 7.63. The molecule has 2 N–H and O–H groups in total. The van der Waals surface area contributed by atoms with Gasteiger partial charge in [-0.1, -0.05) is 36.4 Å². The molecule has 2 amide bonds. The summed E-state index contributed by atoms with van der Waals surface area (Å²) in [7, 11) is 0. The summed E-state index contributed by atoms with van der Waals surface area (Å²) >= 11 is 6.31. The van der Waals surface area contributed by atoms with Crippen molar-refractivity contribution >= 4 is 90.1 Å². The smallest absolute Gasteiger partial charge is 0.228 e. The summed E-state index contributed by atoms with van der Waals surface area (Å²) in [5, 5.41) is 19.2. The van der Waals surface area contributed by atoms with E-state index >= 15 is 0 Å². The number of thiazole rings is 2. The number of carbonyl (C=O) groups excluding carboxylic acids is 2. The minimum Gasteiger partial charge on any atom is -0.324 e. The van der Waals surface area contributed by atoms with Crippen LogP contribution in [0.15, 0.2) is 112 Å². The SMILES string of the molecule is Cc1csc(-c2sccc2NC(=O)Cc2cccc3cnccc23)n1.O=C(Cc1cccc2cnccc12)Nc1ccsc1-c1cscn1. The molecule has 0 bridgehead atoms. The highest BCUT2D eigenvalue weighted by Crippen LogP contribution is 2.36. The van der Waals surface area contributed by atoms with Crippen molar-refractivity contribution in [1.29, 1.82) is 0 Å². The number of thiophene rings is 2. The van der Waals surface area contributed by atoms with Crippen molar-refractivity contribution < 1.29 is 9.59 Å². The first-order valence-corrected chi connectivity index (χ1v) is 18.8. The fourth-order valence-electron chi connectivity index (χ4n) is 5.38. The lowest BCUT2D eigenvalue weighted by Gasteiger charge is -2.08. The van der Waals surface area contributed by atoms with Gasteiger partial charge in [0.1, 0.15) is 5.01 Å². The van der Waals surface area contributed by atoms with Crippen LogP contribution in [0, 0.1) is 6.92 Å². The Balaban J connectivity index is 0.000000154. The van der Waals surface area contributed by atoms with E-state index < -0.39 is 0 Å². The number of aromatic nitrogens is 4. The van der Waals surface area contributed by atoms with E-state index in [0.717, 1.165) is 70.2 Å². The second kappa shape index (κ2) is 15.0. The van der Waals surface area contributed by atoms with Gasteiger partial charge in [-0.2, -0.15) is 0 Å². The van der Waals surface area contributed by atoms with Gasteiger partial charge in [0.2, 0.25) is 11.8 Å². The molecule has 0 aliphatic rings. The molecule has 49 heavy (non-hydrogen) atoms. The number of hydrogen-bond acceptors (Lipinski definition) is 10. The number of nitrogens with one attached hydrogen (secondary N) is 2. The summed E-state index contributed by atoms with van der Waals surface area (Å²) in [5.41, 5.74) is 7.34. The summed E-state index contributed by atoms with van der Waals surface area (Å²) in [5.74, 6) is -0.0635. The zero-order valence-corrected chi connectivity index (χ0v) is 29.4. The van der Waals surface area contributed by atoms with E-state index in [2.05, 4.69) is 30.6 Å². The third-order valence-corrected chi connectivity index (χ3v) is 11.2. The molecule has 8 rings (SSSR count). The molecule has 0 saturated heterocycles. The van der Waals surface area contributed by atoms with Crippen LogP contribution in [0.3, 0.4) is 0 Å². The maximum atomic E-state index is 12.6. The predicted octanol–water partition coefficient (Wildman–Crippen LogP) is 9.51. The molecule has 0 spiro atoms. The second-order valence-corrected chi connectivity index (χ2v) is 14.4. The van der Waals surface area contributed by atoms with Crippen LogP contribution in [-0.4, -0.2) is 31.8 Å². The number of rotatable bonds is 8. The maximum Gasteiger partial charge on any atom is 0.228 e. The zero-order chi connectivity index (χ0) is 33.6. The van der Waals surface area contributed by atoms with E-state index in [0.29, 0.717) is 12.8 Å². The van der Waals surface area contributed by atoms with E-state index in [-0.39, 0.29) is 11.8 Å². The van der Waals surface area contributed by atoms with Gasteiger partial charge in [-0.15, -0.1) is 45.3 Å². The Morgan fingerprint density at radius 2 is 1.29 bits per heavy atom. The Morgan fingerprint density at radius 3 is 1.84 bits per heavy atom. The molecule has 0 aliphatic heterocycles. The summed E-state index contributed by atoms with van der Waals surface area (Å²) in [4.78, 5) is 44.2. The molecule has 0 radical (unpaired) electrons. The first kappa shape index (κ1) is 32.4. The van der Waals surface area contributed by atoms with Crippen LogP contribution >= 0.6 is 45.3 Å². The highest BCUT2D eigenvalue weighted by molar-refractivity contribution is 7.20. The van der Waals surface area contributed by atoms with Crippen molar-refractivity contribution in [3.05, 3.63) is 129 Å². The molecular weight excluding hydrogens is 689 g/mol. The summed E-state index contributed by atoms with van der Waals surface area (Å²) in [6.45, 7) is 1.97. The van der Waals surface area contributed by atoms with Crippen LogP contribution in [0.5, 0.6) is 0 Å². The van der Waals surface area contributed by atoms with Crippen LogP contribution in [0.25, 0.3) is 42.0 Å². The van der Waals surface area contributed by atoms with Gasteiger partial charge in [0, 0.05) is 52.0 Å². The molecular formula is C37H28N6O2S4. The van der Waals surface area contributed by atoms with Gasteiger partial charge < -0.3 is 10.6 Å². The molecule has 0 atom stereocenters. The molecule has 8 nitrogen and oxygen atoms in total. The molecule has 0 unspecified atom stereocenters. The van der Waals surface area contributed by atoms with Gasteiger partial charge in [-0.05, 0) is 63.8 Å². The molecule has 6 aromatic heterocycles. The number of fused-ring (bicyclic) bond motifs is 2. The summed E-state index contributed by atoms with van der Waals surface area (Å²) in [6, 6.07) is 19.6. The molecule has 6 heterocycles. The molecule has 0 fully saturated rings. The molecule has 0 aliphatic carbocycles. The molecule has 12 heteroatoms. The Bertz CT molecular complexity index is 2370. The number of pyridine rings is 2. The fourth-order valence-corrected chi connectivity index (χ4v) is 8.59.